The number of carbonyl (C=O) groups excluding carboxylic acids is 3. The summed E-state index contributed by atoms with van der Waals surface area (Å²) in [5.41, 5.74) is 1.70. The van der Waals surface area contributed by atoms with Gasteiger partial charge in [-0.15, -0.1) is 0 Å². The second kappa shape index (κ2) is 11.4. The minimum atomic E-state index is -1.19. The molecule has 0 saturated carbocycles. The number of ether oxygens (including phenoxy) is 3. The van der Waals surface area contributed by atoms with Crippen LogP contribution in [0.2, 0.25) is 0 Å². The Hall–Kier alpha value is -3.39. The van der Waals surface area contributed by atoms with Crippen LogP contribution in [-0.2, 0) is 9.59 Å². The highest BCUT2D eigenvalue weighted by Gasteiger charge is 2.52. The maximum atomic E-state index is 13.8. The molecule has 35 heavy (non-hydrogen) atoms. The molecule has 8 nitrogen and oxygen atoms in total. The number of quaternary nitrogens is 1. The van der Waals surface area contributed by atoms with Crippen LogP contribution in [0.3, 0.4) is 0 Å². The zero-order valence-corrected chi connectivity index (χ0v) is 21.3. The van der Waals surface area contributed by atoms with Crippen molar-refractivity contribution in [2.45, 2.75) is 26.8 Å². The number of hydrogen-bond acceptors (Lipinski definition) is 6. The van der Waals surface area contributed by atoms with Gasteiger partial charge in [-0.05, 0) is 50.6 Å². The first-order chi connectivity index (χ1) is 16.8. The van der Waals surface area contributed by atoms with Gasteiger partial charge in [-0.1, -0.05) is 12.1 Å². The molecule has 1 amide bonds. The number of hydrogen-bond donors (Lipinski definition) is 1. The van der Waals surface area contributed by atoms with Crippen LogP contribution in [0.25, 0.3) is 0 Å². The number of aryl methyl sites for hydroxylation is 1. The average molecular weight is 484 g/mol. The van der Waals surface area contributed by atoms with Gasteiger partial charge in [-0.25, -0.2) is 0 Å². The Kier molecular flexibility index (Phi) is 8.51. The van der Waals surface area contributed by atoms with E-state index in [1.165, 1.54) is 24.0 Å². The molecule has 1 N–H and O–H groups in total. The SMILES string of the molecule is CC[NH+](CC)CCN1C(=O)C(=O)C(C(=O)c2ccc(OC)c(C)c2)C1c1cccc(OC)c1OC. The standard InChI is InChI=1S/C27H34N2O6/c1-7-28(8-2)14-15-29-23(19-10-9-11-21(34-5)26(19)35-6)22(25(31)27(29)32)24(30)18-12-13-20(33-4)17(3)16-18/h9-13,16,22-23H,7-8,14-15H2,1-6H3/p+1. The summed E-state index contributed by atoms with van der Waals surface area (Å²) in [6.07, 6.45) is 0. The average Bonchev–Trinajstić information content (AvgIpc) is 3.12. The number of rotatable bonds is 11. The molecule has 2 aromatic rings. The highest BCUT2D eigenvalue weighted by Crippen LogP contribution is 2.44. The lowest BCUT2D eigenvalue weighted by Gasteiger charge is -2.29. The fraction of sp³-hybridized carbons (Fsp3) is 0.444. The largest absolute Gasteiger partial charge is 0.496 e. The van der Waals surface area contributed by atoms with Crippen molar-refractivity contribution < 1.29 is 33.5 Å². The number of benzene rings is 2. The molecule has 3 rings (SSSR count). The minimum absolute atomic E-state index is 0.345. The van der Waals surface area contributed by atoms with Gasteiger partial charge in [0.25, 0.3) is 5.91 Å². The number of methoxy groups -OCH3 is 3. The Morgan fingerprint density at radius 2 is 1.66 bits per heavy atom. The fourth-order valence-corrected chi connectivity index (χ4v) is 4.81. The smallest absolute Gasteiger partial charge is 0.291 e. The van der Waals surface area contributed by atoms with E-state index in [0.29, 0.717) is 41.5 Å². The van der Waals surface area contributed by atoms with Crippen molar-refractivity contribution in [2.24, 2.45) is 5.92 Å². The van der Waals surface area contributed by atoms with Gasteiger partial charge in [0.15, 0.2) is 17.3 Å². The summed E-state index contributed by atoms with van der Waals surface area (Å²) >= 11 is 0. The Bertz CT molecular complexity index is 1100. The van der Waals surface area contributed by atoms with Crippen molar-refractivity contribution in [1.29, 1.82) is 0 Å². The number of para-hydroxylation sites is 1. The van der Waals surface area contributed by atoms with Crippen molar-refractivity contribution >= 4 is 17.5 Å². The maximum absolute atomic E-state index is 13.8. The molecular weight excluding hydrogens is 448 g/mol. The van der Waals surface area contributed by atoms with E-state index in [1.807, 2.05) is 6.92 Å². The highest BCUT2D eigenvalue weighted by atomic mass is 16.5. The summed E-state index contributed by atoms with van der Waals surface area (Å²) < 4.78 is 16.4. The van der Waals surface area contributed by atoms with Crippen LogP contribution in [0.5, 0.6) is 17.2 Å². The molecule has 0 aliphatic carbocycles. The quantitative estimate of drug-likeness (QED) is 0.299. The number of carbonyl (C=O) groups is 3. The van der Waals surface area contributed by atoms with Crippen LogP contribution in [0.15, 0.2) is 36.4 Å². The first kappa shape index (κ1) is 26.2. The summed E-state index contributed by atoms with van der Waals surface area (Å²) in [7, 11) is 4.59. The van der Waals surface area contributed by atoms with Crippen LogP contribution in [0.1, 0.15) is 41.4 Å². The van der Waals surface area contributed by atoms with E-state index in [9.17, 15) is 14.4 Å². The van der Waals surface area contributed by atoms with E-state index in [4.69, 9.17) is 14.2 Å². The molecule has 1 heterocycles. The predicted molar refractivity (Wildman–Crippen MR) is 131 cm³/mol. The summed E-state index contributed by atoms with van der Waals surface area (Å²) in [4.78, 5) is 43.2. The molecule has 0 bridgehead atoms. The van der Waals surface area contributed by atoms with Crippen molar-refractivity contribution in [3.63, 3.8) is 0 Å². The third-order valence-corrected chi connectivity index (χ3v) is 6.83. The van der Waals surface area contributed by atoms with Crippen LogP contribution >= 0.6 is 0 Å². The van der Waals surface area contributed by atoms with Gasteiger partial charge in [0.05, 0.1) is 53.6 Å². The summed E-state index contributed by atoms with van der Waals surface area (Å²) in [6.45, 7) is 8.79. The molecular formula is C27H35N2O6+. The number of ketones is 2. The van der Waals surface area contributed by atoms with E-state index in [-0.39, 0.29) is 0 Å². The van der Waals surface area contributed by atoms with Gasteiger partial charge in [0, 0.05) is 11.1 Å². The molecule has 1 aliphatic rings. The molecule has 0 radical (unpaired) electrons. The van der Waals surface area contributed by atoms with Gasteiger partial charge < -0.3 is 24.0 Å². The second-order valence-corrected chi connectivity index (χ2v) is 8.62. The third kappa shape index (κ3) is 5.03. The Labute approximate surface area is 206 Å². The van der Waals surface area contributed by atoms with Crippen LogP contribution in [-0.4, -0.2) is 69.9 Å². The number of nitrogens with zero attached hydrogens (tertiary/aromatic N) is 1. The Balaban J connectivity index is 2.12. The van der Waals surface area contributed by atoms with Gasteiger partial charge in [0.1, 0.15) is 11.7 Å². The number of Topliss-reactive ketones (excluding diaryl/α,β-unsaturated/α-hetero) is 2. The van der Waals surface area contributed by atoms with Crippen molar-refractivity contribution in [1.82, 2.24) is 4.90 Å². The molecule has 1 fully saturated rings. The minimum Gasteiger partial charge on any atom is -0.496 e. The van der Waals surface area contributed by atoms with Crippen molar-refractivity contribution in [2.75, 3.05) is 47.5 Å². The van der Waals surface area contributed by atoms with Crippen LogP contribution < -0.4 is 19.1 Å². The molecule has 1 saturated heterocycles. The molecule has 0 spiro atoms. The summed E-state index contributed by atoms with van der Waals surface area (Å²) in [5, 5.41) is 0. The van der Waals surface area contributed by atoms with Crippen LogP contribution in [0.4, 0.5) is 0 Å². The van der Waals surface area contributed by atoms with Gasteiger partial charge >= 0.3 is 0 Å². The van der Waals surface area contributed by atoms with E-state index in [0.717, 1.165) is 18.7 Å². The Morgan fingerprint density at radius 1 is 0.971 bits per heavy atom. The van der Waals surface area contributed by atoms with Crippen molar-refractivity contribution in [3.05, 3.63) is 53.1 Å². The topological polar surface area (TPSA) is 86.6 Å². The van der Waals surface area contributed by atoms with Crippen molar-refractivity contribution in [3.8, 4) is 17.2 Å². The third-order valence-electron chi connectivity index (χ3n) is 6.83. The zero-order valence-electron chi connectivity index (χ0n) is 21.3. The number of amides is 1. The van der Waals surface area contributed by atoms with Gasteiger partial charge in [0.2, 0.25) is 5.78 Å². The molecule has 8 heteroatoms. The lowest BCUT2D eigenvalue weighted by molar-refractivity contribution is -0.895. The maximum Gasteiger partial charge on any atom is 0.291 e. The van der Waals surface area contributed by atoms with E-state index < -0.39 is 29.4 Å². The molecule has 1 aliphatic heterocycles. The van der Waals surface area contributed by atoms with Crippen LogP contribution in [0, 0.1) is 12.8 Å². The monoisotopic (exact) mass is 483 g/mol. The van der Waals surface area contributed by atoms with E-state index in [2.05, 4.69) is 13.8 Å². The highest BCUT2D eigenvalue weighted by molar-refractivity contribution is 6.44. The fourth-order valence-electron chi connectivity index (χ4n) is 4.81. The number of likely N-dealkylation sites (N-methyl/N-ethyl adjacent to an activating group) is 1. The molecule has 188 valence electrons. The lowest BCUT2D eigenvalue weighted by Crippen LogP contribution is -3.12. The molecule has 2 atom stereocenters. The second-order valence-electron chi connectivity index (χ2n) is 8.62. The summed E-state index contributed by atoms with van der Waals surface area (Å²) in [6, 6.07) is 9.54. The first-order valence-corrected chi connectivity index (χ1v) is 11.9. The number of likely N-dealkylation sites (tertiary alicyclic amines) is 1. The predicted octanol–water partition coefficient (Wildman–Crippen LogP) is 1.90. The molecule has 2 aromatic carbocycles. The van der Waals surface area contributed by atoms with E-state index >= 15 is 0 Å². The molecule has 0 aromatic heterocycles. The van der Waals surface area contributed by atoms with E-state index in [1.54, 1.807) is 43.5 Å². The number of nitrogens with one attached hydrogen (secondary N) is 1. The van der Waals surface area contributed by atoms with Gasteiger partial charge in [-0.3, -0.25) is 14.4 Å². The molecule has 2 unspecified atom stereocenters. The zero-order chi connectivity index (χ0) is 25.7. The lowest BCUT2D eigenvalue weighted by atomic mass is 9.85. The Morgan fingerprint density at radius 3 is 2.23 bits per heavy atom. The first-order valence-electron chi connectivity index (χ1n) is 11.9. The van der Waals surface area contributed by atoms with Gasteiger partial charge in [-0.2, -0.15) is 0 Å². The summed E-state index contributed by atoms with van der Waals surface area (Å²) in [5.74, 6) is -1.42. The normalized spacial score (nSPS) is 17.7.